The number of hydrogen-bond acceptors (Lipinski definition) is 3. The lowest BCUT2D eigenvalue weighted by Crippen LogP contribution is -2.18. The zero-order valence-corrected chi connectivity index (χ0v) is 15.8. The van der Waals surface area contributed by atoms with Gasteiger partial charge in [-0.1, -0.05) is 18.2 Å². The molecule has 28 heavy (non-hydrogen) atoms. The molecule has 142 valence electrons. The minimum atomic E-state index is -0.489. The molecule has 3 heterocycles. The molecule has 0 bridgehead atoms. The molecule has 0 saturated carbocycles. The second-order valence-corrected chi connectivity index (χ2v) is 7.83. The summed E-state index contributed by atoms with van der Waals surface area (Å²) in [6.07, 6.45) is 1.76. The quantitative estimate of drug-likeness (QED) is 0.671. The van der Waals surface area contributed by atoms with E-state index >= 15 is 0 Å². The molecular weight excluding hydrogens is 356 g/mol. The van der Waals surface area contributed by atoms with Crippen LogP contribution < -0.4 is 0 Å². The van der Waals surface area contributed by atoms with Gasteiger partial charge in [0.1, 0.15) is 11.6 Å². The van der Waals surface area contributed by atoms with Gasteiger partial charge >= 0.3 is 0 Å². The number of pyridine rings is 1. The summed E-state index contributed by atoms with van der Waals surface area (Å²) in [5, 5.41) is 0. The Morgan fingerprint density at radius 1 is 0.857 bits per heavy atom. The zero-order valence-electron chi connectivity index (χ0n) is 15.8. The number of halogens is 2. The molecule has 0 aliphatic carbocycles. The first-order chi connectivity index (χ1) is 13.6. The van der Waals surface area contributed by atoms with E-state index in [-0.39, 0.29) is 12.1 Å². The highest BCUT2D eigenvalue weighted by molar-refractivity contribution is 5.66. The Morgan fingerprint density at radius 3 is 2.43 bits per heavy atom. The van der Waals surface area contributed by atoms with Crippen molar-refractivity contribution in [2.45, 2.75) is 32.7 Å². The Morgan fingerprint density at radius 2 is 1.64 bits per heavy atom. The number of rotatable bonds is 3. The summed E-state index contributed by atoms with van der Waals surface area (Å²) in [6.45, 7) is 3.32. The molecule has 0 fully saturated rings. The van der Waals surface area contributed by atoms with Crippen molar-refractivity contribution in [3.05, 3.63) is 88.2 Å². The van der Waals surface area contributed by atoms with Crippen LogP contribution in [0.15, 0.2) is 48.7 Å². The van der Waals surface area contributed by atoms with Gasteiger partial charge < -0.3 is 0 Å². The van der Waals surface area contributed by atoms with Gasteiger partial charge in [0.25, 0.3) is 0 Å². The molecule has 2 aliphatic heterocycles. The number of hydrogen-bond donors (Lipinski definition) is 0. The number of benzene rings is 2. The topological polar surface area (TPSA) is 19.4 Å². The van der Waals surface area contributed by atoms with Crippen LogP contribution in [0.2, 0.25) is 0 Å². The van der Waals surface area contributed by atoms with Crippen molar-refractivity contribution in [2.75, 3.05) is 7.05 Å². The highest BCUT2D eigenvalue weighted by atomic mass is 19.1. The molecule has 3 aromatic rings. The van der Waals surface area contributed by atoms with Gasteiger partial charge in [0.15, 0.2) is 0 Å². The van der Waals surface area contributed by atoms with Crippen molar-refractivity contribution in [3.8, 4) is 11.1 Å². The second-order valence-electron chi connectivity index (χ2n) is 7.83. The van der Waals surface area contributed by atoms with E-state index in [0.717, 1.165) is 29.9 Å². The fourth-order valence-corrected chi connectivity index (χ4v) is 4.27. The van der Waals surface area contributed by atoms with Gasteiger partial charge in [-0.3, -0.25) is 14.8 Å². The summed E-state index contributed by atoms with van der Waals surface area (Å²) >= 11 is 0. The molecular formula is C23H21F2N3. The molecule has 0 saturated heterocycles. The lowest BCUT2D eigenvalue weighted by atomic mass is 9.99. The third kappa shape index (κ3) is 3.11. The Hall–Kier alpha value is -2.63. The van der Waals surface area contributed by atoms with Crippen LogP contribution in [-0.4, -0.2) is 21.8 Å². The molecule has 2 aliphatic rings. The van der Waals surface area contributed by atoms with Crippen LogP contribution in [0.25, 0.3) is 11.1 Å². The lowest BCUT2D eigenvalue weighted by molar-refractivity contribution is 0.265. The van der Waals surface area contributed by atoms with E-state index in [1.54, 1.807) is 6.20 Å². The molecule has 3 nitrogen and oxygen atoms in total. The molecule has 5 rings (SSSR count). The average Bonchev–Trinajstić information content (AvgIpc) is 3.25. The predicted molar refractivity (Wildman–Crippen MR) is 104 cm³/mol. The fraction of sp³-hybridized carbons (Fsp3) is 0.261. The van der Waals surface area contributed by atoms with Crippen molar-refractivity contribution >= 4 is 0 Å². The Balaban J connectivity index is 1.40. The second kappa shape index (κ2) is 6.76. The van der Waals surface area contributed by atoms with Gasteiger partial charge in [-0.2, -0.15) is 0 Å². The van der Waals surface area contributed by atoms with Crippen LogP contribution in [0.5, 0.6) is 0 Å². The van der Waals surface area contributed by atoms with Gasteiger partial charge in [0.2, 0.25) is 0 Å². The standard InChI is InChI=1S/C23H21F2N3/c1-27-10-16-5-4-15(7-19(16)11-27)18-8-21(24)20(22(25)9-18)13-28-12-17-3-2-6-26-23(17)14-28/h2-9H,10-14H2,1H3. The highest BCUT2D eigenvalue weighted by Crippen LogP contribution is 2.31. The molecule has 0 atom stereocenters. The summed E-state index contributed by atoms with van der Waals surface area (Å²) in [5.41, 5.74) is 6.19. The summed E-state index contributed by atoms with van der Waals surface area (Å²) in [6, 6.07) is 12.9. The lowest BCUT2D eigenvalue weighted by Gasteiger charge is -2.16. The Labute approximate surface area is 163 Å². The maximum absolute atomic E-state index is 14.8. The summed E-state index contributed by atoms with van der Waals surface area (Å²) in [7, 11) is 2.07. The van der Waals surface area contributed by atoms with E-state index in [1.807, 2.05) is 23.1 Å². The molecule has 1 aromatic heterocycles. The smallest absolute Gasteiger partial charge is 0.131 e. The van der Waals surface area contributed by atoms with E-state index < -0.39 is 11.6 Å². The summed E-state index contributed by atoms with van der Waals surface area (Å²) < 4.78 is 29.6. The van der Waals surface area contributed by atoms with Gasteiger partial charge in [0, 0.05) is 44.5 Å². The van der Waals surface area contributed by atoms with Crippen LogP contribution in [0.1, 0.15) is 27.9 Å². The van der Waals surface area contributed by atoms with Crippen molar-refractivity contribution in [3.63, 3.8) is 0 Å². The highest BCUT2D eigenvalue weighted by Gasteiger charge is 2.23. The SMILES string of the molecule is CN1Cc2ccc(-c3cc(F)c(CN4Cc5cccnc5C4)c(F)c3)cc2C1. The normalized spacial score (nSPS) is 16.4. The first-order valence-electron chi connectivity index (χ1n) is 9.50. The minimum absolute atomic E-state index is 0.123. The molecule has 0 unspecified atom stereocenters. The summed E-state index contributed by atoms with van der Waals surface area (Å²) in [5.74, 6) is -0.979. The van der Waals surface area contributed by atoms with Crippen molar-refractivity contribution in [1.29, 1.82) is 0 Å². The molecule has 0 spiro atoms. The first kappa shape index (κ1) is 17.5. The van der Waals surface area contributed by atoms with E-state index in [4.69, 9.17) is 0 Å². The third-order valence-electron chi connectivity index (χ3n) is 5.69. The largest absolute Gasteiger partial charge is 0.298 e. The number of fused-ring (bicyclic) bond motifs is 2. The Bertz CT molecular complexity index is 1020. The maximum Gasteiger partial charge on any atom is 0.131 e. The van der Waals surface area contributed by atoms with Gasteiger partial charge in [0.05, 0.1) is 5.69 Å². The van der Waals surface area contributed by atoms with E-state index in [2.05, 4.69) is 29.1 Å². The number of aromatic nitrogens is 1. The minimum Gasteiger partial charge on any atom is -0.298 e. The third-order valence-corrected chi connectivity index (χ3v) is 5.69. The average molecular weight is 377 g/mol. The fourth-order valence-electron chi connectivity index (χ4n) is 4.27. The van der Waals surface area contributed by atoms with Crippen molar-refractivity contribution < 1.29 is 8.78 Å². The van der Waals surface area contributed by atoms with E-state index in [9.17, 15) is 8.78 Å². The molecule has 5 heteroatoms. The zero-order chi connectivity index (χ0) is 19.3. The van der Waals surface area contributed by atoms with Gasteiger partial charge in [-0.25, -0.2) is 8.78 Å². The molecule has 0 N–H and O–H groups in total. The monoisotopic (exact) mass is 377 g/mol. The summed E-state index contributed by atoms with van der Waals surface area (Å²) in [4.78, 5) is 8.59. The van der Waals surface area contributed by atoms with Crippen molar-refractivity contribution in [2.24, 2.45) is 0 Å². The maximum atomic E-state index is 14.8. The molecule has 2 aromatic carbocycles. The van der Waals surface area contributed by atoms with Crippen LogP contribution in [-0.2, 0) is 32.7 Å². The first-order valence-corrected chi connectivity index (χ1v) is 9.50. The van der Waals surface area contributed by atoms with E-state index in [0.29, 0.717) is 18.7 Å². The molecule has 0 radical (unpaired) electrons. The predicted octanol–water partition coefficient (Wildman–Crippen LogP) is 4.49. The van der Waals surface area contributed by atoms with Crippen LogP contribution in [0, 0.1) is 11.6 Å². The van der Waals surface area contributed by atoms with Crippen LogP contribution in [0.3, 0.4) is 0 Å². The van der Waals surface area contributed by atoms with Gasteiger partial charge in [-0.05, 0) is 59.1 Å². The number of nitrogens with zero attached hydrogens (tertiary/aromatic N) is 3. The Kier molecular flexibility index (Phi) is 4.22. The van der Waals surface area contributed by atoms with E-state index in [1.165, 1.54) is 23.3 Å². The van der Waals surface area contributed by atoms with Crippen LogP contribution >= 0.6 is 0 Å². The van der Waals surface area contributed by atoms with Crippen molar-refractivity contribution in [1.82, 2.24) is 14.8 Å². The van der Waals surface area contributed by atoms with Gasteiger partial charge in [-0.15, -0.1) is 0 Å². The van der Waals surface area contributed by atoms with Crippen LogP contribution in [0.4, 0.5) is 8.78 Å². The molecule has 0 amide bonds.